The van der Waals surface area contributed by atoms with Gasteiger partial charge in [-0.3, -0.25) is 14.5 Å². The number of rotatable bonds is 8. The van der Waals surface area contributed by atoms with Gasteiger partial charge in [-0.25, -0.2) is 0 Å². The Labute approximate surface area is 228 Å². The number of imide groups is 1. The lowest BCUT2D eigenvalue weighted by Gasteiger charge is -2.13. The lowest BCUT2D eigenvalue weighted by atomic mass is 10.1. The molecule has 0 aromatic heterocycles. The number of carbonyl (C=O) groups excluding carboxylic acids is 2. The normalized spacial score (nSPS) is 14.9. The van der Waals surface area contributed by atoms with Gasteiger partial charge in [-0.2, -0.15) is 8.42 Å². The van der Waals surface area contributed by atoms with Crippen LogP contribution in [0.2, 0.25) is 5.02 Å². The van der Waals surface area contributed by atoms with Crippen LogP contribution in [0.5, 0.6) is 11.5 Å². The van der Waals surface area contributed by atoms with Crippen molar-refractivity contribution in [2.24, 2.45) is 0 Å². The zero-order valence-electron chi connectivity index (χ0n) is 19.7. The number of hydrogen-bond acceptors (Lipinski definition) is 7. The van der Waals surface area contributed by atoms with Gasteiger partial charge in [0.1, 0.15) is 23.0 Å². The van der Waals surface area contributed by atoms with Gasteiger partial charge < -0.3 is 8.92 Å². The predicted octanol–water partition coefficient (Wildman–Crippen LogP) is 6.38. The lowest BCUT2D eigenvalue weighted by Crippen LogP contribution is -2.32. The van der Waals surface area contributed by atoms with Gasteiger partial charge in [0.05, 0.1) is 11.4 Å². The van der Waals surface area contributed by atoms with Gasteiger partial charge in [0.2, 0.25) is 0 Å². The van der Waals surface area contributed by atoms with Crippen LogP contribution in [0.4, 0.5) is 4.79 Å². The molecule has 7 nitrogen and oxygen atoms in total. The second kappa shape index (κ2) is 10.9. The van der Waals surface area contributed by atoms with Crippen LogP contribution in [0.1, 0.15) is 5.56 Å². The molecule has 0 N–H and O–H groups in total. The maximum atomic E-state index is 13.1. The van der Waals surface area contributed by atoms with Crippen molar-refractivity contribution in [1.82, 2.24) is 4.90 Å². The third kappa shape index (κ3) is 5.70. The number of halogens is 1. The van der Waals surface area contributed by atoms with E-state index in [4.69, 9.17) is 20.5 Å². The molecule has 0 bridgehead atoms. The Morgan fingerprint density at radius 3 is 2.37 bits per heavy atom. The third-order valence-electron chi connectivity index (χ3n) is 5.69. The first kappa shape index (κ1) is 25.8. The molecule has 0 saturated carbocycles. The number of nitrogens with zero attached hydrogens (tertiary/aromatic N) is 1. The summed E-state index contributed by atoms with van der Waals surface area (Å²) in [6.07, 6.45) is 1.45. The molecule has 1 saturated heterocycles. The molecule has 0 atom stereocenters. The first-order valence-electron chi connectivity index (χ1n) is 11.5. The summed E-state index contributed by atoms with van der Waals surface area (Å²) in [6.45, 7) is 0.162. The number of para-hydroxylation sites is 1. The summed E-state index contributed by atoms with van der Waals surface area (Å²) >= 11 is 6.63. The summed E-state index contributed by atoms with van der Waals surface area (Å²) in [6, 6.07) is 25.3. The van der Waals surface area contributed by atoms with E-state index in [2.05, 4.69) is 0 Å². The van der Waals surface area contributed by atoms with Gasteiger partial charge in [-0.15, -0.1) is 0 Å². The van der Waals surface area contributed by atoms with Crippen molar-refractivity contribution in [3.8, 4) is 11.5 Å². The highest BCUT2D eigenvalue weighted by molar-refractivity contribution is 8.18. The van der Waals surface area contributed by atoms with Gasteiger partial charge in [0.25, 0.3) is 11.1 Å². The fourth-order valence-corrected chi connectivity index (χ4v) is 5.76. The number of amides is 2. The van der Waals surface area contributed by atoms with Crippen molar-refractivity contribution >= 4 is 61.5 Å². The van der Waals surface area contributed by atoms with E-state index in [0.717, 1.165) is 27.4 Å². The number of thioether (sulfide) groups is 1. The van der Waals surface area contributed by atoms with Gasteiger partial charge in [0, 0.05) is 10.6 Å². The first-order valence-corrected chi connectivity index (χ1v) is 14.1. The highest BCUT2D eigenvalue weighted by Crippen LogP contribution is 2.34. The van der Waals surface area contributed by atoms with Crippen LogP contribution in [0, 0.1) is 0 Å². The fraction of sp³-hybridized carbons (Fsp3) is 0.0714. The zero-order chi connectivity index (χ0) is 26.7. The van der Waals surface area contributed by atoms with Crippen LogP contribution in [0.15, 0.2) is 101 Å². The van der Waals surface area contributed by atoms with Crippen LogP contribution in [0.25, 0.3) is 16.8 Å². The number of ether oxygens (including phenoxy) is 1. The molecule has 5 rings (SSSR count). The average Bonchev–Trinajstić information content (AvgIpc) is 3.18. The van der Waals surface area contributed by atoms with Crippen LogP contribution >= 0.6 is 23.4 Å². The van der Waals surface area contributed by atoms with E-state index in [1.54, 1.807) is 54.6 Å². The molecule has 4 aromatic rings. The Hall–Kier alpha value is -3.79. The van der Waals surface area contributed by atoms with E-state index in [0.29, 0.717) is 16.3 Å². The van der Waals surface area contributed by atoms with E-state index >= 15 is 0 Å². The zero-order valence-corrected chi connectivity index (χ0v) is 22.1. The van der Waals surface area contributed by atoms with E-state index in [1.165, 1.54) is 18.2 Å². The highest BCUT2D eigenvalue weighted by atomic mass is 35.5. The average molecular weight is 566 g/mol. The van der Waals surface area contributed by atoms with Crippen LogP contribution in [-0.4, -0.2) is 37.6 Å². The van der Waals surface area contributed by atoms with Crippen molar-refractivity contribution in [2.75, 3.05) is 13.2 Å². The molecule has 1 fully saturated rings. The topological polar surface area (TPSA) is 90.0 Å². The van der Waals surface area contributed by atoms with E-state index in [-0.39, 0.29) is 28.7 Å². The van der Waals surface area contributed by atoms with Crippen molar-refractivity contribution in [3.63, 3.8) is 0 Å². The minimum absolute atomic E-state index is 0.00649. The predicted molar refractivity (Wildman–Crippen MR) is 148 cm³/mol. The smallest absolute Gasteiger partial charge is 0.339 e. The Balaban J connectivity index is 1.32. The second-order valence-corrected chi connectivity index (χ2v) is 11.2. The minimum atomic E-state index is -4.16. The molecule has 4 aromatic carbocycles. The Kier molecular flexibility index (Phi) is 7.42. The molecule has 1 heterocycles. The number of fused-ring (bicyclic) bond motifs is 1. The van der Waals surface area contributed by atoms with Crippen LogP contribution in [-0.2, 0) is 14.9 Å². The minimum Gasteiger partial charge on any atom is -0.492 e. The summed E-state index contributed by atoms with van der Waals surface area (Å²) in [4.78, 5) is 26.7. The molecule has 0 radical (unpaired) electrons. The largest absolute Gasteiger partial charge is 0.492 e. The second-order valence-electron chi connectivity index (χ2n) is 8.22. The highest BCUT2D eigenvalue weighted by Gasteiger charge is 2.35. The summed E-state index contributed by atoms with van der Waals surface area (Å²) in [5.74, 6) is 0.112. The molecule has 0 unspecified atom stereocenters. The van der Waals surface area contributed by atoms with E-state index < -0.39 is 21.3 Å². The molecule has 2 amide bonds. The molecule has 0 aliphatic carbocycles. The quantitative estimate of drug-likeness (QED) is 0.181. The van der Waals surface area contributed by atoms with Gasteiger partial charge in [0.15, 0.2) is 0 Å². The molecular formula is C28H20ClNO6S2. The van der Waals surface area contributed by atoms with Crippen molar-refractivity contribution in [1.29, 1.82) is 0 Å². The van der Waals surface area contributed by atoms with Crippen molar-refractivity contribution in [2.45, 2.75) is 4.90 Å². The van der Waals surface area contributed by atoms with Gasteiger partial charge >= 0.3 is 10.1 Å². The Morgan fingerprint density at radius 2 is 1.58 bits per heavy atom. The maximum Gasteiger partial charge on any atom is 0.339 e. The van der Waals surface area contributed by atoms with E-state index in [1.807, 2.05) is 24.3 Å². The Morgan fingerprint density at radius 1 is 0.868 bits per heavy atom. The fourth-order valence-electron chi connectivity index (χ4n) is 3.78. The molecule has 1 aliphatic rings. The first-order chi connectivity index (χ1) is 18.3. The summed E-state index contributed by atoms with van der Waals surface area (Å²) in [5, 5.41) is 1.80. The van der Waals surface area contributed by atoms with Gasteiger partial charge in [-0.05, 0) is 71.1 Å². The maximum absolute atomic E-state index is 13.1. The monoisotopic (exact) mass is 565 g/mol. The third-order valence-corrected chi connectivity index (χ3v) is 8.08. The van der Waals surface area contributed by atoms with Crippen molar-refractivity contribution < 1.29 is 26.9 Å². The number of benzene rings is 4. The van der Waals surface area contributed by atoms with Crippen LogP contribution < -0.4 is 8.92 Å². The molecular weight excluding hydrogens is 546 g/mol. The standard InChI is InChI=1S/C28H20ClNO6S2/c29-22-10-12-23(13-11-22)35-16-15-30-27(31)26(37-28(30)32)18-21-7-3-4-8-25(21)36-38(33,34)24-14-9-19-5-1-2-6-20(19)17-24/h1-14,17-18H,15-16H2/b26-18-. The summed E-state index contributed by atoms with van der Waals surface area (Å²) < 4.78 is 37.2. The number of carbonyl (C=O) groups is 2. The Bertz CT molecular complexity index is 1670. The van der Waals surface area contributed by atoms with E-state index in [9.17, 15) is 18.0 Å². The summed E-state index contributed by atoms with van der Waals surface area (Å²) in [7, 11) is -4.16. The molecule has 0 spiro atoms. The molecule has 192 valence electrons. The summed E-state index contributed by atoms with van der Waals surface area (Å²) in [5.41, 5.74) is 0.347. The molecule has 38 heavy (non-hydrogen) atoms. The number of hydrogen-bond donors (Lipinski definition) is 0. The van der Waals surface area contributed by atoms with Crippen LogP contribution in [0.3, 0.4) is 0 Å². The van der Waals surface area contributed by atoms with Crippen molar-refractivity contribution in [3.05, 3.63) is 106 Å². The lowest BCUT2D eigenvalue weighted by molar-refractivity contribution is -0.123. The molecule has 1 aliphatic heterocycles. The molecule has 10 heteroatoms. The van der Waals surface area contributed by atoms with Gasteiger partial charge in [-0.1, -0.05) is 60.1 Å². The SMILES string of the molecule is O=C1S/C(=C\c2ccccc2OS(=O)(=O)c2ccc3ccccc3c2)C(=O)N1CCOc1ccc(Cl)cc1.